The number of sulfonamides is 1. The molecule has 170 valence electrons. The van der Waals surface area contributed by atoms with Gasteiger partial charge in [0.2, 0.25) is 10.0 Å². The molecule has 7 nitrogen and oxygen atoms in total. The van der Waals surface area contributed by atoms with Crippen molar-refractivity contribution >= 4 is 45.6 Å². The summed E-state index contributed by atoms with van der Waals surface area (Å²) >= 11 is 0. The first-order valence-electron chi connectivity index (χ1n) is 10.4. The molecule has 31 heavy (non-hydrogen) atoms. The Balaban J connectivity index is 0.00000341. The maximum atomic E-state index is 12.3. The van der Waals surface area contributed by atoms with Crippen molar-refractivity contribution in [1.82, 2.24) is 15.4 Å². The van der Waals surface area contributed by atoms with Crippen molar-refractivity contribution in [3.63, 3.8) is 0 Å². The van der Waals surface area contributed by atoms with Gasteiger partial charge in [-0.1, -0.05) is 48.5 Å². The maximum Gasteiger partial charge on any atom is 0.213 e. The Bertz CT molecular complexity index is 910. The first-order valence-corrected chi connectivity index (χ1v) is 12.1. The van der Waals surface area contributed by atoms with Crippen LogP contribution in [0.1, 0.15) is 18.9 Å². The number of nitrogens with zero attached hydrogens (tertiary/aromatic N) is 2. The van der Waals surface area contributed by atoms with Gasteiger partial charge in [0.1, 0.15) is 0 Å². The van der Waals surface area contributed by atoms with Crippen LogP contribution in [-0.4, -0.2) is 52.4 Å². The van der Waals surface area contributed by atoms with Gasteiger partial charge in [-0.25, -0.2) is 13.1 Å². The summed E-state index contributed by atoms with van der Waals surface area (Å²) in [6, 6.07) is 20.1. The number of benzene rings is 2. The van der Waals surface area contributed by atoms with E-state index < -0.39 is 10.0 Å². The highest BCUT2D eigenvalue weighted by Crippen LogP contribution is 2.19. The standard InChI is InChI=1S/C22H31N5O2S.HI/c1-2-23-22(26-20-13-15-27(18-20)21-11-7-4-8-12-21)24-14-16-30(28,29)25-17-19-9-5-3-6-10-19;/h3-12,20,25H,2,13-18H2,1H3,(H2,23,24,26);1H. The molecule has 1 heterocycles. The van der Waals surface area contributed by atoms with Crippen LogP contribution in [0.4, 0.5) is 5.69 Å². The first kappa shape index (κ1) is 25.4. The Kier molecular flexibility index (Phi) is 10.6. The van der Waals surface area contributed by atoms with Gasteiger partial charge in [0.15, 0.2) is 5.96 Å². The number of nitrogens with one attached hydrogen (secondary N) is 3. The van der Waals surface area contributed by atoms with Crippen molar-refractivity contribution in [2.24, 2.45) is 4.99 Å². The predicted molar refractivity (Wildman–Crippen MR) is 139 cm³/mol. The van der Waals surface area contributed by atoms with E-state index in [-0.39, 0.29) is 42.3 Å². The normalized spacial score (nSPS) is 16.6. The lowest BCUT2D eigenvalue weighted by molar-refractivity contribution is 0.581. The Morgan fingerprint density at radius 2 is 1.77 bits per heavy atom. The van der Waals surface area contributed by atoms with E-state index in [0.29, 0.717) is 12.5 Å². The van der Waals surface area contributed by atoms with E-state index in [4.69, 9.17) is 0 Å². The zero-order valence-electron chi connectivity index (χ0n) is 17.8. The van der Waals surface area contributed by atoms with Gasteiger partial charge in [0.05, 0.1) is 12.3 Å². The van der Waals surface area contributed by atoms with Gasteiger partial charge < -0.3 is 15.5 Å². The quantitative estimate of drug-likeness (QED) is 0.251. The van der Waals surface area contributed by atoms with Crippen LogP contribution in [0.3, 0.4) is 0 Å². The number of halogens is 1. The van der Waals surface area contributed by atoms with Crippen molar-refractivity contribution in [3.8, 4) is 0 Å². The number of para-hydroxylation sites is 1. The number of rotatable bonds is 9. The molecule has 0 aliphatic carbocycles. The van der Waals surface area contributed by atoms with E-state index in [2.05, 4.69) is 37.4 Å². The fourth-order valence-electron chi connectivity index (χ4n) is 3.40. The monoisotopic (exact) mass is 557 g/mol. The molecule has 2 aromatic carbocycles. The van der Waals surface area contributed by atoms with E-state index >= 15 is 0 Å². The van der Waals surface area contributed by atoms with Gasteiger partial charge in [0, 0.05) is 37.9 Å². The van der Waals surface area contributed by atoms with Gasteiger partial charge in [-0.05, 0) is 31.0 Å². The zero-order valence-corrected chi connectivity index (χ0v) is 21.0. The van der Waals surface area contributed by atoms with Crippen LogP contribution in [0, 0.1) is 0 Å². The van der Waals surface area contributed by atoms with Gasteiger partial charge in [0.25, 0.3) is 0 Å². The number of aliphatic imine (C=N–C) groups is 1. The van der Waals surface area contributed by atoms with Crippen molar-refractivity contribution in [2.45, 2.75) is 25.9 Å². The summed E-state index contributed by atoms with van der Waals surface area (Å²) in [5.41, 5.74) is 2.16. The average molecular weight is 558 g/mol. The van der Waals surface area contributed by atoms with E-state index in [1.807, 2.05) is 55.5 Å². The second-order valence-electron chi connectivity index (χ2n) is 7.30. The van der Waals surface area contributed by atoms with Gasteiger partial charge in [-0.15, -0.1) is 24.0 Å². The SMILES string of the molecule is CCNC(=NCCS(=O)(=O)NCc1ccccc1)NC1CCN(c2ccccc2)C1.I. The average Bonchev–Trinajstić information content (AvgIpc) is 3.22. The number of guanidine groups is 1. The van der Waals surface area contributed by atoms with Crippen molar-refractivity contribution < 1.29 is 8.42 Å². The minimum Gasteiger partial charge on any atom is -0.369 e. The summed E-state index contributed by atoms with van der Waals surface area (Å²) in [4.78, 5) is 6.82. The number of hydrogen-bond donors (Lipinski definition) is 3. The third kappa shape index (κ3) is 8.66. The molecule has 2 aromatic rings. The lowest BCUT2D eigenvalue weighted by Gasteiger charge is -2.20. The van der Waals surface area contributed by atoms with E-state index in [9.17, 15) is 8.42 Å². The second-order valence-corrected chi connectivity index (χ2v) is 9.22. The summed E-state index contributed by atoms with van der Waals surface area (Å²) in [7, 11) is -3.38. The molecule has 1 fully saturated rings. The van der Waals surface area contributed by atoms with E-state index in [1.54, 1.807) is 0 Å². The Morgan fingerprint density at radius 3 is 2.45 bits per heavy atom. The predicted octanol–water partition coefficient (Wildman–Crippen LogP) is 2.56. The Morgan fingerprint density at radius 1 is 1.10 bits per heavy atom. The summed E-state index contributed by atoms with van der Waals surface area (Å²) in [6.45, 7) is 5.10. The molecular formula is C22H32IN5O2S. The largest absolute Gasteiger partial charge is 0.369 e. The highest BCUT2D eigenvalue weighted by molar-refractivity contribution is 14.0. The lowest BCUT2D eigenvalue weighted by atomic mass is 10.2. The molecule has 0 amide bonds. The molecule has 1 unspecified atom stereocenters. The fourth-order valence-corrected chi connectivity index (χ4v) is 4.27. The van der Waals surface area contributed by atoms with E-state index in [0.717, 1.165) is 31.6 Å². The molecule has 1 aliphatic rings. The topological polar surface area (TPSA) is 85.8 Å². The van der Waals surface area contributed by atoms with Crippen LogP contribution in [0.5, 0.6) is 0 Å². The molecule has 3 N–H and O–H groups in total. The third-order valence-electron chi connectivity index (χ3n) is 4.96. The third-order valence-corrected chi connectivity index (χ3v) is 6.27. The maximum absolute atomic E-state index is 12.3. The molecule has 3 rings (SSSR count). The molecule has 0 bridgehead atoms. The van der Waals surface area contributed by atoms with Crippen LogP contribution in [-0.2, 0) is 16.6 Å². The van der Waals surface area contributed by atoms with Crippen molar-refractivity contribution in [2.75, 3.05) is 36.8 Å². The first-order chi connectivity index (χ1) is 14.6. The molecule has 0 aromatic heterocycles. The summed E-state index contributed by atoms with van der Waals surface area (Å²) < 4.78 is 27.2. The van der Waals surface area contributed by atoms with Gasteiger partial charge in [-0.2, -0.15) is 0 Å². The molecule has 0 radical (unpaired) electrons. The van der Waals surface area contributed by atoms with Crippen LogP contribution < -0.4 is 20.3 Å². The Labute approximate surface area is 202 Å². The minimum absolute atomic E-state index is 0. The van der Waals surface area contributed by atoms with Crippen LogP contribution >= 0.6 is 24.0 Å². The van der Waals surface area contributed by atoms with Crippen LogP contribution in [0.15, 0.2) is 65.7 Å². The van der Waals surface area contributed by atoms with Crippen molar-refractivity contribution in [3.05, 3.63) is 66.2 Å². The molecule has 9 heteroatoms. The number of anilines is 1. The summed E-state index contributed by atoms with van der Waals surface area (Å²) in [5, 5.41) is 6.66. The lowest BCUT2D eigenvalue weighted by Crippen LogP contribution is -2.45. The summed E-state index contributed by atoms with van der Waals surface area (Å²) in [5.74, 6) is 0.618. The molecular weight excluding hydrogens is 525 g/mol. The van der Waals surface area contributed by atoms with Crippen LogP contribution in [0.25, 0.3) is 0 Å². The molecule has 1 aliphatic heterocycles. The second kappa shape index (κ2) is 12.9. The highest BCUT2D eigenvalue weighted by Gasteiger charge is 2.23. The molecule has 1 atom stereocenters. The zero-order chi connectivity index (χ0) is 21.2. The summed E-state index contributed by atoms with van der Waals surface area (Å²) in [6.07, 6.45) is 1.01. The molecule has 0 spiro atoms. The van der Waals surface area contributed by atoms with Crippen molar-refractivity contribution in [1.29, 1.82) is 0 Å². The molecule has 1 saturated heterocycles. The van der Waals surface area contributed by atoms with Crippen LogP contribution in [0.2, 0.25) is 0 Å². The highest BCUT2D eigenvalue weighted by atomic mass is 127. The molecule has 0 saturated carbocycles. The van der Waals surface area contributed by atoms with Gasteiger partial charge in [-0.3, -0.25) is 4.99 Å². The fraction of sp³-hybridized carbons (Fsp3) is 0.409. The minimum atomic E-state index is -3.38. The number of hydrogen-bond acceptors (Lipinski definition) is 4. The smallest absolute Gasteiger partial charge is 0.213 e. The Hall–Kier alpha value is -1.85. The van der Waals surface area contributed by atoms with E-state index in [1.165, 1.54) is 5.69 Å². The van der Waals surface area contributed by atoms with Gasteiger partial charge >= 0.3 is 0 Å².